The molecule has 0 saturated heterocycles. The molecule has 3 N–H and O–H groups in total. The van der Waals surface area contributed by atoms with Crippen LogP contribution in [-0.4, -0.2) is 37.6 Å². The second-order valence-corrected chi connectivity index (χ2v) is 7.05. The number of ketones is 1. The predicted molar refractivity (Wildman–Crippen MR) is 111 cm³/mol. The molecule has 0 aliphatic carbocycles. The third-order valence-electron chi connectivity index (χ3n) is 4.95. The van der Waals surface area contributed by atoms with Crippen molar-refractivity contribution in [2.24, 2.45) is 7.05 Å². The maximum Gasteiger partial charge on any atom is 0.292 e. The standard InChI is InChI=1S/C21H20FN7O3/c1-4-16(17-9-24-28-27-17)26-21(32)19(30)14-10-29(3)18(11(14)2)20(31)25-13-5-6-15(22)12(7-13)8-23/h5-7,9-10,16H,4H2,1-3H3,(H,25,31)(H,26,32)(H,24,27,28)/t16-/m1/s1. The Kier molecular flexibility index (Phi) is 6.44. The number of halogens is 1. The molecule has 3 aromatic rings. The van der Waals surface area contributed by atoms with Crippen molar-refractivity contribution in [2.45, 2.75) is 26.3 Å². The molecule has 3 rings (SSSR count). The predicted octanol–water partition coefficient (Wildman–Crippen LogP) is 2.16. The lowest BCUT2D eigenvalue weighted by atomic mass is 10.1. The van der Waals surface area contributed by atoms with Crippen LogP contribution < -0.4 is 10.6 Å². The van der Waals surface area contributed by atoms with Crippen molar-refractivity contribution in [3.8, 4) is 6.07 Å². The Morgan fingerprint density at radius 2 is 2.09 bits per heavy atom. The number of Topliss-reactive ketones (excluding diaryl/α,β-unsaturated/α-hetero) is 1. The molecule has 2 aromatic heterocycles. The number of carbonyl (C=O) groups is 3. The average molecular weight is 437 g/mol. The van der Waals surface area contributed by atoms with Crippen LogP contribution in [0.25, 0.3) is 0 Å². The maximum absolute atomic E-state index is 13.5. The van der Waals surface area contributed by atoms with E-state index in [1.807, 2.05) is 6.92 Å². The van der Waals surface area contributed by atoms with Gasteiger partial charge in [0.2, 0.25) is 0 Å². The largest absolute Gasteiger partial charge is 0.346 e. The second kappa shape index (κ2) is 9.22. The van der Waals surface area contributed by atoms with Crippen LogP contribution in [0, 0.1) is 24.1 Å². The number of benzene rings is 1. The normalized spacial score (nSPS) is 11.5. The van der Waals surface area contributed by atoms with Gasteiger partial charge in [-0.05, 0) is 37.1 Å². The van der Waals surface area contributed by atoms with Gasteiger partial charge in [0.05, 0.1) is 17.8 Å². The van der Waals surface area contributed by atoms with E-state index in [1.165, 1.54) is 29.1 Å². The highest BCUT2D eigenvalue weighted by atomic mass is 19.1. The number of H-pyrrole nitrogens is 1. The minimum Gasteiger partial charge on any atom is -0.346 e. The van der Waals surface area contributed by atoms with Crippen molar-refractivity contribution in [1.29, 1.82) is 5.26 Å². The molecule has 0 saturated carbocycles. The van der Waals surface area contributed by atoms with Crippen molar-refractivity contribution < 1.29 is 18.8 Å². The van der Waals surface area contributed by atoms with Gasteiger partial charge in [-0.2, -0.15) is 20.7 Å². The summed E-state index contributed by atoms with van der Waals surface area (Å²) in [5.74, 6) is -2.91. The quantitative estimate of drug-likeness (QED) is 0.381. The van der Waals surface area contributed by atoms with Crippen LogP contribution in [0.1, 0.15) is 57.1 Å². The van der Waals surface area contributed by atoms with Gasteiger partial charge in [0, 0.05) is 24.5 Å². The first-order chi connectivity index (χ1) is 15.3. The van der Waals surface area contributed by atoms with Crippen molar-refractivity contribution in [1.82, 2.24) is 25.3 Å². The fourth-order valence-corrected chi connectivity index (χ4v) is 3.30. The molecular weight excluding hydrogens is 417 g/mol. The number of nitriles is 1. The molecule has 0 unspecified atom stereocenters. The van der Waals surface area contributed by atoms with Gasteiger partial charge in [-0.15, -0.1) is 0 Å². The van der Waals surface area contributed by atoms with Crippen molar-refractivity contribution in [3.05, 3.63) is 64.5 Å². The summed E-state index contributed by atoms with van der Waals surface area (Å²) in [6, 6.07) is 4.81. The molecule has 0 aliphatic heterocycles. The summed E-state index contributed by atoms with van der Waals surface area (Å²) >= 11 is 0. The third kappa shape index (κ3) is 4.39. The molecule has 11 heteroatoms. The van der Waals surface area contributed by atoms with Gasteiger partial charge in [0.15, 0.2) is 0 Å². The SMILES string of the molecule is CC[C@@H](NC(=O)C(=O)c1cn(C)c(C(=O)Nc2ccc(F)c(C#N)c2)c1C)c1cn[nH]n1. The number of aromatic nitrogens is 4. The Morgan fingerprint density at radius 3 is 2.72 bits per heavy atom. The number of hydrogen-bond acceptors (Lipinski definition) is 6. The Hall–Kier alpha value is -4.33. The number of aryl methyl sites for hydroxylation is 1. The van der Waals surface area contributed by atoms with Gasteiger partial charge in [0.1, 0.15) is 23.3 Å². The second-order valence-electron chi connectivity index (χ2n) is 7.05. The number of amides is 2. The Bertz CT molecular complexity index is 1220. The lowest BCUT2D eigenvalue weighted by Crippen LogP contribution is -2.34. The first-order valence-electron chi connectivity index (χ1n) is 9.64. The Balaban J connectivity index is 1.80. The van der Waals surface area contributed by atoms with Gasteiger partial charge in [0.25, 0.3) is 17.6 Å². The highest BCUT2D eigenvalue weighted by Gasteiger charge is 2.27. The highest BCUT2D eigenvalue weighted by Crippen LogP contribution is 2.21. The van der Waals surface area contributed by atoms with Gasteiger partial charge in [-0.25, -0.2) is 4.39 Å². The van der Waals surface area contributed by atoms with Gasteiger partial charge >= 0.3 is 0 Å². The number of nitrogens with one attached hydrogen (secondary N) is 3. The van der Waals surface area contributed by atoms with Crippen LogP contribution in [0.4, 0.5) is 10.1 Å². The zero-order valence-electron chi connectivity index (χ0n) is 17.6. The lowest BCUT2D eigenvalue weighted by molar-refractivity contribution is -0.117. The van der Waals surface area contributed by atoms with Crippen molar-refractivity contribution in [2.75, 3.05) is 5.32 Å². The monoisotopic (exact) mass is 437 g/mol. The zero-order chi connectivity index (χ0) is 23.4. The molecule has 0 fully saturated rings. The van der Waals surface area contributed by atoms with Crippen LogP contribution in [0.2, 0.25) is 0 Å². The van der Waals surface area contributed by atoms with Crippen molar-refractivity contribution in [3.63, 3.8) is 0 Å². The van der Waals surface area contributed by atoms with E-state index in [-0.39, 0.29) is 22.5 Å². The van der Waals surface area contributed by atoms with E-state index in [9.17, 15) is 18.8 Å². The molecule has 0 radical (unpaired) electrons. The summed E-state index contributed by atoms with van der Waals surface area (Å²) in [6.45, 7) is 3.38. The molecule has 2 amide bonds. The van der Waals surface area contributed by atoms with E-state index in [0.29, 0.717) is 17.7 Å². The van der Waals surface area contributed by atoms with Crippen LogP contribution in [0.3, 0.4) is 0 Å². The van der Waals surface area contributed by atoms with Gasteiger partial charge in [-0.1, -0.05) is 6.92 Å². The number of carbonyl (C=O) groups excluding carboxylic acids is 3. The smallest absolute Gasteiger partial charge is 0.292 e. The minimum atomic E-state index is -0.835. The summed E-state index contributed by atoms with van der Waals surface area (Å²) < 4.78 is 14.9. The van der Waals surface area contributed by atoms with Crippen molar-refractivity contribution >= 4 is 23.3 Å². The molecule has 1 aromatic carbocycles. The minimum absolute atomic E-state index is 0.0713. The van der Waals surface area contributed by atoms with Crippen LogP contribution >= 0.6 is 0 Å². The molecule has 0 bridgehead atoms. The van der Waals surface area contributed by atoms with E-state index >= 15 is 0 Å². The summed E-state index contributed by atoms with van der Waals surface area (Å²) in [5, 5.41) is 24.2. The van der Waals surface area contributed by atoms with Crippen LogP contribution in [0.15, 0.2) is 30.6 Å². The Morgan fingerprint density at radius 1 is 1.34 bits per heavy atom. The Labute approximate surface area is 182 Å². The van der Waals surface area contributed by atoms with E-state index in [4.69, 9.17) is 5.26 Å². The molecular formula is C21H20FN7O3. The third-order valence-corrected chi connectivity index (χ3v) is 4.95. The molecule has 0 spiro atoms. The fraction of sp³-hybridized carbons (Fsp3) is 0.238. The van der Waals surface area contributed by atoms with E-state index in [2.05, 4.69) is 26.0 Å². The topological polar surface area (TPSA) is 146 Å². The average Bonchev–Trinajstić information content (AvgIpc) is 3.40. The van der Waals surface area contributed by atoms with Crippen LogP contribution in [0.5, 0.6) is 0 Å². The molecule has 32 heavy (non-hydrogen) atoms. The molecule has 0 aliphatic rings. The van der Waals surface area contributed by atoms with Crippen LogP contribution in [-0.2, 0) is 11.8 Å². The number of anilines is 1. The summed E-state index contributed by atoms with van der Waals surface area (Å²) in [7, 11) is 1.56. The molecule has 2 heterocycles. The zero-order valence-corrected chi connectivity index (χ0v) is 17.6. The van der Waals surface area contributed by atoms with Gasteiger partial charge in [-0.3, -0.25) is 14.4 Å². The first-order valence-corrected chi connectivity index (χ1v) is 9.64. The summed E-state index contributed by atoms with van der Waals surface area (Å²) in [5.41, 5.74) is 1.03. The summed E-state index contributed by atoms with van der Waals surface area (Å²) in [6.07, 6.45) is 3.35. The molecule has 10 nitrogen and oxygen atoms in total. The van der Waals surface area contributed by atoms with E-state index in [1.54, 1.807) is 20.0 Å². The highest BCUT2D eigenvalue weighted by molar-refractivity contribution is 6.43. The lowest BCUT2D eigenvalue weighted by Gasteiger charge is -2.13. The molecule has 164 valence electrons. The number of hydrogen-bond donors (Lipinski definition) is 3. The summed E-state index contributed by atoms with van der Waals surface area (Å²) in [4.78, 5) is 38.1. The van der Waals surface area contributed by atoms with E-state index in [0.717, 1.165) is 6.07 Å². The fourth-order valence-electron chi connectivity index (χ4n) is 3.30. The number of rotatable bonds is 7. The first kappa shape index (κ1) is 22.4. The number of nitrogens with zero attached hydrogens (tertiary/aromatic N) is 4. The molecule has 1 atom stereocenters. The maximum atomic E-state index is 13.5. The number of aromatic amines is 1. The van der Waals surface area contributed by atoms with E-state index < -0.39 is 29.5 Å². The van der Waals surface area contributed by atoms with Gasteiger partial charge < -0.3 is 15.2 Å².